The zero-order chi connectivity index (χ0) is 25.8. The lowest BCUT2D eigenvalue weighted by Crippen LogP contribution is -2.55. The number of benzene rings is 1. The normalized spacial score (nSPS) is 20.4. The molecule has 1 amide bonds. The van der Waals surface area contributed by atoms with Crippen molar-refractivity contribution in [2.75, 3.05) is 25.1 Å². The summed E-state index contributed by atoms with van der Waals surface area (Å²) in [6.07, 6.45) is -8.54. The molecule has 5 rings (SSSR count). The number of alkyl halides is 5. The van der Waals surface area contributed by atoms with E-state index in [1.807, 2.05) is 0 Å². The fraction of sp³-hybridized carbons (Fsp3) is 0.476. The minimum Gasteiger partial charge on any atom is -0.465 e. The molecule has 2 fully saturated rings. The Hall–Kier alpha value is -3.20. The minimum atomic E-state index is -5.20. The molecule has 0 aliphatic carbocycles. The molecule has 2 atom stereocenters. The standard InChI is InChI=1S/C21H19F5N4O5S/c1-33-20(22,23)7-10-6-13(17-27-4-5-36-17)16-14(15(10)35-21(24,25)26)28-18(34-16)29-8-11-2-3-12(9-29)30(11)19(31)32/h4-6,11-12H,2-3,7-9H2,1H3,(H,31,32). The predicted molar refractivity (Wildman–Crippen MR) is 116 cm³/mol. The zero-order valence-corrected chi connectivity index (χ0v) is 19.4. The van der Waals surface area contributed by atoms with Crippen molar-refractivity contribution in [2.24, 2.45) is 0 Å². The van der Waals surface area contributed by atoms with Crippen LogP contribution in [-0.2, 0) is 11.2 Å². The maximum Gasteiger partial charge on any atom is 0.573 e. The number of ether oxygens (including phenoxy) is 2. The number of carbonyl (C=O) groups is 1. The van der Waals surface area contributed by atoms with Gasteiger partial charge in [0, 0.05) is 37.3 Å². The van der Waals surface area contributed by atoms with Crippen molar-refractivity contribution in [3.63, 3.8) is 0 Å². The van der Waals surface area contributed by atoms with Gasteiger partial charge in [0.25, 0.3) is 6.01 Å². The number of halogens is 5. The van der Waals surface area contributed by atoms with Gasteiger partial charge in [-0.05, 0) is 18.9 Å². The lowest BCUT2D eigenvalue weighted by molar-refractivity contribution is -0.275. The first-order valence-electron chi connectivity index (χ1n) is 10.8. The minimum absolute atomic E-state index is 0.0626. The number of oxazole rings is 1. The molecule has 2 aliphatic rings. The lowest BCUT2D eigenvalue weighted by Gasteiger charge is -2.38. The van der Waals surface area contributed by atoms with E-state index in [1.165, 1.54) is 11.1 Å². The van der Waals surface area contributed by atoms with Gasteiger partial charge >= 0.3 is 18.6 Å². The Morgan fingerprint density at radius 2 is 1.94 bits per heavy atom. The number of rotatable bonds is 6. The van der Waals surface area contributed by atoms with E-state index >= 15 is 0 Å². The number of aromatic nitrogens is 2. The van der Waals surface area contributed by atoms with Crippen LogP contribution < -0.4 is 9.64 Å². The van der Waals surface area contributed by atoms with E-state index in [9.17, 15) is 31.9 Å². The summed E-state index contributed by atoms with van der Waals surface area (Å²) in [7, 11) is 0.740. The second kappa shape index (κ2) is 8.73. The lowest BCUT2D eigenvalue weighted by atomic mass is 10.0. The van der Waals surface area contributed by atoms with Crippen LogP contribution in [0.5, 0.6) is 5.75 Å². The van der Waals surface area contributed by atoms with Crippen LogP contribution in [0.15, 0.2) is 22.1 Å². The summed E-state index contributed by atoms with van der Waals surface area (Å²) < 4.78 is 82.5. The summed E-state index contributed by atoms with van der Waals surface area (Å²) in [4.78, 5) is 23.0. The molecule has 9 nitrogen and oxygen atoms in total. The number of methoxy groups -OCH3 is 1. The van der Waals surface area contributed by atoms with Crippen molar-refractivity contribution >= 4 is 34.5 Å². The topological polar surface area (TPSA) is 101 Å². The maximum absolute atomic E-state index is 14.1. The molecule has 2 bridgehead atoms. The molecule has 1 aromatic carbocycles. The van der Waals surface area contributed by atoms with E-state index < -0.39 is 41.8 Å². The van der Waals surface area contributed by atoms with Crippen LogP contribution in [0.1, 0.15) is 18.4 Å². The summed E-state index contributed by atoms with van der Waals surface area (Å²) >= 11 is 1.14. The Labute approximate surface area is 204 Å². The molecule has 4 heterocycles. The fourth-order valence-electron chi connectivity index (χ4n) is 4.78. The van der Waals surface area contributed by atoms with Crippen molar-refractivity contribution in [3.05, 3.63) is 23.2 Å². The van der Waals surface area contributed by atoms with Crippen LogP contribution in [-0.4, -0.2) is 70.8 Å². The van der Waals surface area contributed by atoms with E-state index in [2.05, 4.69) is 19.4 Å². The third-order valence-electron chi connectivity index (χ3n) is 6.23. The van der Waals surface area contributed by atoms with E-state index in [0.717, 1.165) is 24.5 Å². The van der Waals surface area contributed by atoms with E-state index in [4.69, 9.17) is 4.42 Å². The molecule has 15 heteroatoms. The summed E-state index contributed by atoms with van der Waals surface area (Å²) in [5.74, 6) is -0.920. The summed E-state index contributed by atoms with van der Waals surface area (Å²) in [5, 5.41) is 11.4. The number of fused-ring (bicyclic) bond motifs is 3. The van der Waals surface area contributed by atoms with Crippen LogP contribution in [0.25, 0.3) is 21.7 Å². The predicted octanol–water partition coefficient (Wildman–Crippen LogP) is 4.96. The van der Waals surface area contributed by atoms with Gasteiger partial charge < -0.3 is 23.9 Å². The third kappa shape index (κ3) is 4.52. The number of carboxylic acid groups (broad SMARTS) is 1. The quantitative estimate of drug-likeness (QED) is 0.443. The van der Waals surface area contributed by atoms with Crippen LogP contribution in [0.2, 0.25) is 0 Å². The third-order valence-corrected chi connectivity index (χ3v) is 7.04. The Morgan fingerprint density at radius 1 is 1.25 bits per heavy atom. The number of amides is 1. The van der Waals surface area contributed by atoms with Gasteiger partial charge in [-0.15, -0.1) is 24.5 Å². The highest BCUT2D eigenvalue weighted by molar-refractivity contribution is 7.13. The molecule has 194 valence electrons. The number of piperazine rings is 1. The molecular weight excluding hydrogens is 515 g/mol. The van der Waals surface area contributed by atoms with Gasteiger partial charge in [0.1, 0.15) is 5.01 Å². The van der Waals surface area contributed by atoms with Gasteiger partial charge in [-0.3, -0.25) is 4.90 Å². The van der Waals surface area contributed by atoms with Crippen LogP contribution in [0.3, 0.4) is 0 Å². The average molecular weight is 534 g/mol. The van der Waals surface area contributed by atoms with E-state index in [1.54, 1.807) is 10.3 Å². The van der Waals surface area contributed by atoms with Gasteiger partial charge in [-0.25, -0.2) is 9.78 Å². The molecular formula is C21H19F5N4O5S. The van der Waals surface area contributed by atoms with Gasteiger partial charge in [0.2, 0.25) is 0 Å². The Kier molecular flexibility index (Phi) is 5.94. The summed E-state index contributed by atoms with van der Waals surface area (Å²) in [6, 6.07) is 0.372. The molecule has 2 aromatic heterocycles. The molecule has 0 spiro atoms. The Bertz CT molecular complexity index is 1270. The maximum atomic E-state index is 14.1. The number of anilines is 1. The number of thiazole rings is 1. The highest BCUT2D eigenvalue weighted by Crippen LogP contribution is 2.44. The number of nitrogens with zero attached hydrogens (tertiary/aromatic N) is 4. The van der Waals surface area contributed by atoms with Crippen LogP contribution in [0.4, 0.5) is 32.8 Å². The van der Waals surface area contributed by atoms with E-state index in [-0.39, 0.29) is 42.3 Å². The first kappa shape index (κ1) is 24.5. The molecule has 0 saturated carbocycles. The second-order valence-corrected chi connectivity index (χ2v) is 9.36. The highest BCUT2D eigenvalue weighted by Gasteiger charge is 2.44. The van der Waals surface area contributed by atoms with Crippen molar-refractivity contribution < 1.29 is 45.7 Å². The Balaban J connectivity index is 1.65. The second-order valence-electron chi connectivity index (χ2n) is 8.47. The summed E-state index contributed by atoms with van der Waals surface area (Å²) in [5.41, 5.74) is -0.837. The van der Waals surface area contributed by atoms with Gasteiger partial charge in [-0.1, -0.05) is 0 Å². The van der Waals surface area contributed by atoms with Crippen molar-refractivity contribution in [1.29, 1.82) is 0 Å². The molecule has 3 aromatic rings. The van der Waals surface area contributed by atoms with Crippen molar-refractivity contribution in [1.82, 2.24) is 14.9 Å². The molecule has 2 unspecified atom stereocenters. The first-order chi connectivity index (χ1) is 17.0. The summed E-state index contributed by atoms with van der Waals surface area (Å²) in [6.45, 7) is 0.429. The molecule has 2 aliphatic heterocycles. The van der Waals surface area contributed by atoms with Crippen molar-refractivity contribution in [2.45, 2.75) is 43.8 Å². The molecule has 2 saturated heterocycles. The smallest absolute Gasteiger partial charge is 0.465 e. The molecule has 0 radical (unpaired) electrons. The van der Waals surface area contributed by atoms with Gasteiger partial charge in [0.15, 0.2) is 16.8 Å². The van der Waals surface area contributed by atoms with Crippen molar-refractivity contribution in [3.8, 4) is 16.3 Å². The Morgan fingerprint density at radius 3 is 2.50 bits per heavy atom. The van der Waals surface area contributed by atoms with Gasteiger partial charge in [-0.2, -0.15) is 13.8 Å². The van der Waals surface area contributed by atoms with E-state index in [0.29, 0.717) is 17.8 Å². The number of hydrogen-bond acceptors (Lipinski definition) is 8. The van der Waals surface area contributed by atoms with Gasteiger partial charge in [0.05, 0.1) is 24.1 Å². The highest BCUT2D eigenvalue weighted by atomic mass is 32.1. The number of hydrogen-bond donors (Lipinski definition) is 1. The first-order valence-corrected chi connectivity index (χ1v) is 11.6. The SMILES string of the molecule is COC(F)(F)Cc1cc(-c2nccs2)c2oc(N3CC4CCC(C3)N4C(=O)O)nc2c1OC(F)(F)F. The van der Waals surface area contributed by atoms with Crippen LogP contribution >= 0.6 is 11.3 Å². The zero-order valence-electron chi connectivity index (χ0n) is 18.6. The van der Waals surface area contributed by atoms with Crippen LogP contribution in [0, 0.1) is 0 Å². The molecule has 36 heavy (non-hydrogen) atoms. The monoisotopic (exact) mass is 534 g/mol. The fourth-order valence-corrected chi connectivity index (χ4v) is 5.43. The largest absolute Gasteiger partial charge is 0.573 e. The molecule has 1 N–H and O–H groups in total. The average Bonchev–Trinajstić information content (AvgIpc) is 3.53.